The smallest absolute Gasteiger partial charge is 0.317 e. The first-order valence-electron chi connectivity index (χ1n) is 5.13. The molecule has 0 aromatic heterocycles. The van der Waals surface area contributed by atoms with Crippen molar-refractivity contribution in [3.63, 3.8) is 0 Å². The summed E-state index contributed by atoms with van der Waals surface area (Å²) in [5.41, 5.74) is 0. The maximum Gasteiger partial charge on any atom is 0.317 e. The summed E-state index contributed by atoms with van der Waals surface area (Å²) >= 11 is 0. The molecular formula is C10H20N2O4. The summed E-state index contributed by atoms with van der Waals surface area (Å²) in [5.74, 6) is -0.946. The Morgan fingerprint density at radius 1 is 1.44 bits per heavy atom. The van der Waals surface area contributed by atoms with Gasteiger partial charge in [-0.2, -0.15) is 0 Å². The Labute approximate surface area is 95.6 Å². The van der Waals surface area contributed by atoms with Gasteiger partial charge in [-0.05, 0) is 13.8 Å². The molecule has 1 atom stereocenters. The van der Waals surface area contributed by atoms with Gasteiger partial charge in [0, 0.05) is 26.7 Å². The van der Waals surface area contributed by atoms with Crippen molar-refractivity contribution >= 4 is 12.0 Å². The largest absolute Gasteiger partial charge is 0.481 e. The van der Waals surface area contributed by atoms with E-state index >= 15 is 0 Å². The van der Waals surface area contributed by atoms with Gasteiger partial charge in [0.25, 0.3) is 0 Å². The third-order valence-corrected chi connectivity index (χ3v) is 2.31. The minimum Gasteiger partial charge on any atom is -0.481 e. The number of nitrogens with one attached hydrogen (secondary N) is 1. The van der Waals surface area contributed by atoms with E-state index in [1.807, 2.05) is 13.8 Å². The second-order valence-electron chi connectivity index (χ2n) is 3.85. The highest BCUT2D eigenvalue weighted by Crippen LogP contribution is 1.98. The number of rotatable bonds is 6. The molecule has 0 aliphatic rings. The van der Waals surface area contributed by atoms with Crippen molar-refractivity contribution in [2.24, 2.45) is 0 Å². The number of carbonyl (C=O) groups excluding carboxylic acids is 1. The predicted molar refractivity (Wildman–Crippen MR) is 59.3 cm³/mol. The molecule has 2 N–H and O–H groups in total. The Morgan fingerprint density at radius 2 is 2.00 bits per heavy atom. The summed E-state index contributed by atoms with van der Waals surface area (Å²) in [7, 11) is 3.10. The van der Waals surface area contributed by atoms with E-state index in [-0.39, 0.29) is 25.0 Å². The standard InChI is InChI=1S/C10H20N2O4/c1-7(2)12(3)10(15)11-6-8(16-4)5-9(13)14/h7-8H,5-6H2,1-4H3,(H,11,15)(H,13,14). The molecule has 0 aliphatic heterocycles. The fourth-order valence-corrected chi connectivity index (χ4v) is 0.994. The second kappa shape index (κ2) is 7.05. The quantitative estimate of drug-likeness (QED) is 0.700. The first-order chi connectivity index (χ1) is 7.38. The average Bonchev–Trinajstić information content (AvgIpc) is 2.21. The first-order valence-corrected chi connectivity index (χ1v) is 5.13. The van der Waals surface area contributed by atoms with E-state index in [0.29, 0.717) is 0 Å². The van der Waals surface area contributed by atoms with Gasteiger partial charge in [-0.3, -0.25) is 4.79 Å². The lowest BCUT2D eigenvalue weighted by Gasteiger charge is -2.23. The SMILES string of the molecule is COC(CNC(=O)N(C)C(C)C)CC(=O)O. The van der Waals surface area contributed by atoms with Gasteiger partial charge >= 0.3 is 12.0 Å². The number of carbonyl (C=O) groups is 2. The van der Waals surface area contributed by atoms with E-state index in [9.17, 15) is 9.59 Å². The molecule has 0 heterocycles. The number of urea groups is 1. The molecular weight excluding hydrogens is 212 g/mol. The number of nitrogens with zero attached hydrogens (tertiary/aromatic N) is 1. The van der Waals surface area contributed by atoms with Crippen LogP contribution < -0.4 is 5.32 Å². The van der Waals surface area contributed by atoms with Crippen LogP contribution in [0.4, 0.5) is 4.79 Å². The van der Waals surface area contributed by atoms with E-state index in [1.165, 1.54) is 12.0 Å². The monoisotopic (exact) mass is 232 g/mol. The van der Waals surface area contributed by atoms with Gasteiger partial charge in [-0.1, -0.05) is 0 Å². The topological polar surface area (TPSA) is 78.9 Å². The Hall–Kier alpha value is -1.30. The number of amides is 2. The van der Waals surface area contributed by atoms with Gasteiger partial charge in [0.2, 0.25) is 0 Å². The zero-order valence-electron chi connectivity index (χ0n) is 10.2. The number of carboxylic acids is 1. The number of hydrogen-bond acceptors (Lipinski definition) is 3. The van der Waals surface area contributed by atoms with Gasteiger partial charge in [0.15, 0.2) is 0 Å². The van der Waals surface area contributed by atoms with Crippen molar-refractivity contribution in [2.75, 3.05) is 20.7 Å². The minimum atomic E-state index is -0.946. The van der Waals surface area contributed by atoms with Gasteiger partial charge < -0.3 is 20.1 Å². The van der Waals surface area contributed by atoms with Crippen molar-refractivity contribution in [2.45, 2.75) is 32.4 Å². The summed E-state index contributed by atoms with van der Waals surface area (Å²) < 4.78 is 4.94. The number of carboxylic acid groups (broad SMARTS) is 1. The molecule has 0 radical (unpaired) electrons. The van der Waals surface area contributed by atoms with Crippen LogP contribution >= 0.6 is 0 Å². The lowest BCUT2D eigenvalue weighted by Crippen LogP contribution is -2.44. The van der Waals surface area contributed by atoms with Crippen LogP contribution in [0.5, 0.6) is 0 Å². The maximum absolute atomic E-state index is 11.5. The zero-order valence-corrected chi connectivity index (χ0v) is 10.2. The summed E-state index contributed by atoms with van der Waals surface area (Å²) in [6.07, 6.45) is -0.621. The van der Waals surface area contributed by atoms with Crippen molar-refractivity contribution in [1.82, 2.24) is 10.2 Å². The van der Waals surface area contributed by atoms with Crippen LogP contribution in [0, 0.1) is 0 Å². The van der Waals surface area contributed by atoms with E-state index < -0.39 is 12.1 Å². The molecule has 1 unspecified atom stereocenters. The molecule has 2 amide bonds. The number of hydrogen-bond donors (Lipinski definition) is 2. The highest BCUT2D eigenvalue weighted by atomic mass is 16.5. The van der Waals surface area contributed by atoms with E-state index in [1.54, 1.807) is 7.05 Å². The minimum absolute atomic E-state index is 0.0977. The molecule has 6 nitrogen and oxygen atoms in total. The molecule has 0 bridgehead atoms. The third-order valence-electron chi connectivity index (χ3n) is 2.31. The van der Waals surface area contributed by atoms with Crippen LogP contribution in [0.1, 0.15) is 20.3 Å². The molecule has 0 spiro atoms. The molecule has 0 aromatic carbocycles. The highest BCUT2D eigenvalue weighted by Gasteiger charge is 2.16. The lowest BCUT2D eigenvalue weighted by molar-refractivity contribution is -0.139. The summed E-state index contributed by atoms with van der Waals surface area (Å²) in [6.45, 7) is 3.98. The molecule has 0 aromatic rings. The van der Waals surface area contributed by atoms with Gasteiger partial charge in [0.05, 0.1) is 12.5 Å². The van der Waals surface area contributed by atoms with E-state index in [4.69, 9.17) is 9.84 Å². The first kappa shape index (κ1) is 14.7. The normalized spacial score (nSPS) is 12.3. The average molecular weight is 232 g/mol. The van der Waals surface area contributed by atoms with Gasteiger partial charge in [-0.15, -0.1) is 0 Å². The molecule has 94 valence electrons. The molecule has 16 heavy (non-hydrogen) atoms. The number of methoxy groups -OCH3 is 1. The van der Waals surface area contributed by atoms with Gasteiger partial charge in [0.1, 0.15) is 0 Å². The zero-order chi connectivity index (χ0) is 12.7. The second-order valence-corrected chi connectivity index (χ2v) is 3.85. The molecule has 0 rings (SSSR count). The highest BCUT2D eigenvalue weighted by molar-refractivity contribution is 5.74. The fourth-order valence-electron chi connectivity index (χ4n) is 0.994. The molecule has 0 fully saturated rings. The maximum atomic E-state index is 11.5. The van der Waals surface area contributed by atoms with Gasteiger partial charge in [-0.25, -0.2) is 4.79 Å². The summed E-state index contributed by atoms with van der Waals surface area (Å²) in [4.78, 5) is 23.5. The molecule has 6 heteroatoms. The summed E-state index contributed by atoms with van der Waals surface area (Å²) in [6, 6.07) is -0.136. The fraction of sp³-hybridized carbons (Fsp3) is 0.800. The Balaban J connectivity index is 4.01. The molecule has 0 saturated heterocycles. The van der Waals surface area contributed by atoms with Crippen LogP contribution in [0.3, 0.4) is 0 Å². The van der Waals surface area contributed by atoms with E-state index in [0.717, 1.165) is 0 Å². The predicted octanol–water partition coefficient (Wildman–Crippen LogP) is 0.526. The Kier molecular flexibility index (Phi) is 6.48. The Bertz CT molecular complexity index is 243. The van der Waals surface area contributed by atoms with Crippen molar-refractivity contribution < 1.29 is 19.4 Å². The molecule has 0 saturated carbocycles. The summed E-state index contributed by atoms with van der Waals surface area (Å²) in [5, 5.41) is 11.2. The van der Waals surface area contributed by atoms with Crippen molar-refractivity contribution in [3.05, 3.63) is 0 Å². The lowest BCUT2D eigenvalue weighted by atomic mass is 10.2. The Morgan fingerprint density at radius 3 is 2.38 bits per heavy atom. The van der Waals surface area contributed by atoms with Crippen LogP contribution in [0.25, 0.3) is 0 Å². The number of aliphatic carboxylic acids is 1. The van der Waals surface area contributed by atoms with Crippen LogP contribution in [-0.4, -0.2) is 54.9 Å². The molecule has 0 aliphatic carbocycles. The third kappa shape index (κ3) is 5.55. The van der Waals surface area contributed by atoms with Crippen LogP contribution in [0.2, 0.25) is 0 Å². The van der Waals surface area contributed by atoms with E-state index in [2.05, 4.69) is 5.32 Å². The number of ether oxygens (including phenoxy) is 1. The van der Waals surface area contributed by atoms with Crippen molar-refractivity contribution in [3.8, 4) is 0 Å². The van der Waals surface area contributed by atoms with Crippen LogP contribution in [-0.2, 0) is 9.53 Å². The van der Waals surface area contributed by atoms with Crippen LogP contribution in [0.15, 0.2) is 0 Å². The van der Waals surface area contributed by atoms with Crippen molar-refractivity contribution in [1.29, 1.82) is 0 Å².